The summed E-state index contributed by atoms with van der Waals surface area (Å²) in [6, 6.07) is 0. The van der Waals surface area contributed by atoms with Gasteiger partial charge < -0.3 is 4.57 Å². The van der Waals surface area contributed by atoms with Crippen LogP contribution in [-0.2, 0) is 11.8 Å². The van der Waals surface area contributed by atoms with E-state index in [0.29, 0.717) is 5.75 Å². The van der Waals surface area contributed by atoms with E-state index in [1.54, 1.807) is 12.5 Å². The largest absolute Gasteiger partial charge is 0.329 e. The minimum Gasteiger partial charge on any atom is -0.329 e. The Morgan fingerprint density at radius 2 is 2.70 bits per heavy atom. The first-order valence-electron chi connectivity index (χ1n) is 2.79. The molecule has 3 nitrogen and oxygen atoms in total. The highest BCUT2D eigenvalue weighted by Gasteiger charge is 1.97. The van der Waals surface area contributed by atoms with Gasteiger partial charge in [0.25, 0.3) is 0 Å². The van der Waals surface area contributed by atoms with E-state index in [1.165, 1.54) is 11.8 Å². The lowest BCUT2D eigenvalue weighted by Crippen LogP contribution is -1.89. The molecule has 4 heteroatoms. The number of thioether (sulfide) groups is 1. The third kappa shape index (κ3) is 1.60. The van der Waals surface area contributed by atoms with Gasteiger partial charge in [-0.25, -0.2) is 4.98 Å². The van der Waals surface area contributed by atoms with Crippen molar-refractivity contribution in [3.05, 3.63) is 12.4 Å². The first-order chi connectivity index (χ1) is 4.84. The molecule has 1 radical (unpaired) electrons. The van der Waals surface area contributed by atoms with Crippen molar-refractivity contribution in [2.24, 2.45) is 7.05 Å². The van der Waals surface area contributed by atoms with Crippen LogP contribution < -0.4 is 0 Å². The summed E-state index contributed by atoms with van der Waals surface area (Å²) in [7, 11) is 1.89. The molecule has 0 aliphatic carbocycles. The highest BCUT2D eigenvalue weighted by atomic mass is 32.2. The van der Waals surface area contributed by atoms with Gasteiger partial charge in [-0.3, -0.25) is 4.79 Å². The van der Waals surface area contributed by atoms with Crippen LogP contribution in [0.2, 0.25) is 0 Å². The number of rotatable bonds is 3. The van der Waals surface area contributed by atoms with E-state index in [9.17, 15) is 4.79 Å². The van der Waals surface area contributed by atoms with Crippen LogP contribution in [0, 0.1) is 0 Å². The summed E-state index contributed by atoms with van der Waals surface area (Å²) in [6.45, 7) is 0. The Kier molecular flexibility index (Phi) is 2.50. The zero-order chi connectivity index (χ0) is 7.40. The lowest BCUT2D eigenvalue weighted by molar-refractivity contribution is 0.560. The highest BCUT2D eigenvalue weighted by Crippen LogP contribution is 2.11. The van der Waals surface area contributed by atoms with Crippen molar-refractivity contribution in [1.29, 1.82) is 0 Å². The third-order valence-corrected chi connectivity index (χ3v) is 1.95. The Morgan fingerprint density at radius 1 is 1.90 bits per heavy atom. The first-order valence-corrected chi connectivity index (χ1v) is 3.78. The molecule has 0 saturated heterocycles. The molecule has 53 valence electrons. The van der Waals surface area contributed by atoms with E-state index in [1.807, 2.05) is 17.8 Å². The van der Waals surface area contributed by atoms with Crippen LogP contribution in [-0.4, -0.2) is 21.6 Å². The van der Waals surface area contributed by atoms with E-state index < -0.39 is 0 Å². The van der Waals surface area contributed by atoms with Crippen molar-refractivity contribution in [2.45, 2.75) is 5.16 Å². The summed E-state index contributed by atoms with van der Waals surface area (Å²) in [5.41, 5.74) is 0. The molecular weight excluding hydrogens is 148 g/mol. The molecule has 0 aliphatic heterocycles. The summed E-state index contributed by atoms with van der Waals surface area (Å²) < 4.78 is 1.86. The minimum atomic E-state index is 0.352. The standard InChI is InChI=1S/C6H7N2OS/c1-8-3-2-7-6(8)10-5-4-9/h2-3H,5H2,1H3. The second-order valence-electron chi connectivity index (χ2n) is 1.75. The summed E-state index contributed by atoms with van der Waals surface area (Å²) in [6.07, 6.45) is 5.33. The predicted octanol–water partition coefficient (Wildman–Crippen LogP) is 0.622. The van der Waals surface area contributed by atoms with Crippen LogP contribution in [0.4, 0.5) is 0 Å². The Bertz CT molecular complexity index is 221. The molecule has 10 heavy (non-hydrogen) atoms. The van der Waals surface area contributed by atoms with Gasteiger partial charge in [-0.05, 0) is 0 Å². The van der Waals surface area contributed by atoms with Gasteiger partial charge in [0.05, 0.1) is 5.75 Å². The summed E-state index contributed by atoms with van der Waals surface area (Å²) >= 11 is 1.38. The number of nitrogens with zero attached hydrogens (tertiary/aromatic N) is 2. The fourth-order valence-electron chi connectivity index (χ4n) is 0.585. The second-order valence-corrected chi connectivity index (χ2v) is 2.70. The molecule has 0 bridgehead atoms. The van der Waals surface area contributed by atoms with E-state index >= 15 is 0 Å². The molecule has 1 rings (SSSR count). The van der Waals surface area contributed by atoms with Crippen molar-refractivity contribution < 1.29 is 4.79 Å². The minimum absolute atomic E-state index is 0.352. The fourth-order valence-corrected chi connectivity index (χ4v) is 1.17. The Hall–Kier alpha value is -0.770. The Balaban J connectivity index is 2.56. The zero-order valence-corrected chi connectivity index (χ0v) is 6.39. The summed E-state index contributed by atoms with van der Waals surface area (Å²) in [5.74, 6) is 0.352. The van der Waals surface area contributed by atoms with Gasteiger partial charge in [0.2, 0.25) is 6.29 Å². The Labute approximate surface area is 63.4 Å². The first kappa shape index (κ1) is 7.34. The van der Waals surface area contributed by atoms with Gasteiger partial charge in [-0.2, -0.15) is 0 Å². The molecule has 1 aromatic rings. The van der Waals surface area contributed by atoms with Gasteiger partial charge in [0.1, 0.15) is 0 Å². The summed E-state index contributed by atoms with van der Waals surface area (Å²) in [4.78, 5) is 13.8. The maximum atomic E-state index is 9.83. The van der Waals surface area contributed by atoms with E-state index in [-0.39, 0.29) is 0 Å². The molecular formula is C6H7N2OS. The van der Waals surface area contributed by atoms with Crippen LogP contribution in [0.25, 0.3) is 0 Å². The van der Waals surface area contributed by atoms with Crippen molar-refractivity contribution in [3.63, 3.8) is 0 Å². The molecule has 0 aliphatic rings. The van der Waals surface area contributed by atoms with Gasteiger partial charge in [0, 0.05) is 19.4 Å². The smallest absolute Gasteiger partial charge is 0.209 e. The lowest BCUT2D eigenvalue weighted by Gasteiger charge is -1.94. The van der Waals surface area contributed by atoms with Gasteiger partial charge in [-0.15, -0.1) is 0 Å². The predicted molar refractivity (Wildman–Crippen MR) is 39.6 cm³/mol. The lowest BCUT2D eigenvalue weighted by atomic mass is 10.9. The van der Waals surface area contributed by atoms with Crippen molar-refractivity contribution in [1.82, 2.24) is 9.55 Å². The molecule has 0 fully saturated rings. The fraction of sp³-hybridized carbons (Fsp3) is 0.333. The molecule has 0 spiro atoms. The zero-order valence-electron chi connectivity index (χ0n) is 5.57. The van der Waals surface area contributed by atoms with Crippen LogP contribution in [0.3, 0.4) is 0 Å². The van der Waals surface area contributed by atoms with Crippen LogP contribution >= 0.6 is 11.8 Å². The monoisotopic (exact) mass is 155 g/mol. The van der Waals surface area contributed by atoms with Crippen molar-refractivity contribution in [3.8, 4) is 0 Å². The number of aromatic nitrogens is 2. The SMILES string of the molecule is Cn1ccnc1SC[C]=O. The van der Waals surface area contributed by atoms with Gasteiger partial charge in [0.15, 0.2) is 5.16 Å². The second kappa shape index (κ2) is 3.41. The number of aryl methyl sites for hydroxylation is 1. The molecule has 1 heterocycles. The highest BCUT2D eigenvalue weighted by molar-refractivity contribution is 7.99. The number of carbonyl (C=O) groups excluding carboxylic acids is 1. The number of imidazole rings is 1. The molecule has 0 saturated carbocycles. The van der Waals surface area contributed by atoms with Gasteiger partial charge in [-0.1, -0.05) is 11.8 Å². The van der Waals surface area contributed by atoms with Gasteiger partial charge >= 0.3 is 0 Å². The number of hydrogen-bond donors (Lipinski definition) is 0. The third-order valence-electron chi connectivity index (χ3n) is 1.04. The molecule has 0 unspecified atom stereocenters. The van der Waals surface area contributed by atoms with Crippen molar-refractivity contribution >= 4 is 18.0 Å². The van der Waals surface area contributed by atoms with Crippen LogP contribution in [0.1, 0.15) is 0 Å². The van der Waals surface area contributed by atoms with Crippen LogP contribution in [0.5, 0.6) is 0 Å². The molecule has 1 aromatic heterocycles. The topological polar surface area (TPSA) is 34.9 Å². The molecule has 0 N–H and O–H groups in total. The summed E-state index contributed by atoms with van der Waals surface area (Å²) in [5, 5.41) is 0.850. The van der Waals surface area contributed by atoms with E-state index in [0.717, 1.165) is 5.16 Å². The van der Waals surface area contributed by atoms with Crippen molar-refractivity contribution in [2.75, 3.05) is 5.75 Å². The Morgan fingerprint density at radius 3 is 3.20 bits per heavy atom. The maximum absolute atomic E-state index is 9.83. The van der Waals surface area contributed by atoms with E-state index in [4.69, 9.17) is 0 Å². The quantitative estimate of drug-likeness (QED) is 0.600. The molecule has 0 amide bonds. The normalized spacial score (nSPS) is 9.70. The van der Waals surface area contributed by atoms with E-state index in [2.05, 4.69) is 4.98 Å². The average molecular weight is 155 g/mol. The van der Waals surface area contributed by atoms with Crippen LogP contribution in [0.15, 0.2) is 17.6 Å². The maximum Gasteiger partial charge on any atom is 0.209 e. The molecule has 0 atom stereocenters. The molecule has 0 aromatic carbocycles. The number of hydrogen-bond acceptors (Lipinski definition) is 3. The average Bonchev–Trinajstić information content (AvgIpc) is 2.31.